The third-order valence-electron chi connectivity index (χ3n) is 4.69. The molecule has 1 saturated heterocycles. The van der Waals surface area contributed by atoms with Gasteiger partial charge in [-0.05, 0) is 53.7 Å². The molecule has 8 heteroatoms. The number of thioether (sulfide) groups is 1. The Kier molecular flexibility index (Phi) is 5.64. The van der Waals surface area contributed by atoms with E-state index in [1.54, 1.807) is 55.6 Å². The Morgan fingerprint density at radius 1 is 1.06 bits per heavy atom. The molecule has 0 atom stereocenters. The number of hydrogen-bond acceptors (Lipinski definition) is 6. The van der Waals surface area contributed by atoms with Crippen molar-refractivity contribution in [3.05, 3.63) is 82.5 Å². The number of rotatable bonds is 6. The number of furan rings is 1. The molecule has 1 aliphatic rings. The van der Waals surface area contributed by atoms with E-state index in [0.717, 1.165) is 17.3 Å². The lowest BCUT2D eigenvalue weighted by Crippen LogP contribution is -2.27. The summed E-state index contributed by atoms with van der Waals surface area (Å²) in [6, 6.07) is 16.9. The maximum Gasteiger partial charge on any atom is 0.335 e. The molecule has 156 valence electrons. The Bertz CT molecular complexity index is 1180. The Morgan fingerprint density at radius 2 is 1.77 bits per heavy atom. The van der Waals surface area contributed by atoms with Gasteiger partial charge in [-0.25, -0.2) is 4.79 Å². The van der Waals surface area contributed by atoms with Gasteiger partial charge in [-0.3, -0.25) is 14.5 Å². The van der Waals surface area contributed by atoms with Crippen molar-refractivity contribution in [1.29, 1.82) is 0 Å². The molecule has 4 rings (SSSR count). The quantitative estimate of drug-likeness (QED) is 0.551. The molecule has 0 spiro atoms. The third-order valence-corrected chi connectivity index (χ3v) is 5.60. The van der Waals surface area contributed by atoms with Crippen LogP contribution in [0.2, 0.25) is 0 Å². The van der Waals surface area contributed by atoms with Gasteiger partial charge >= 0.3 is 5.97 Å². The highest BCUT2D eigenvalue weighted by Gasteiger charge is 2.35. The number of hydrogen-bond donors (Lipinski definition) is 1. The zero-order chi connectivity index (χ0) is 22.0. The lowest BCUT2D eigenvalue weighted by molar-refractivity contribution is -0.123. The van der Waals surface area contributed by atoms with Gasteiger partial charge in [0.2, 0.25) is 0 Å². The molecule has 1 aliphatic heterocycles. The van der Waals surface area contributed by atoms with Gasteiger partial charge in [0.05, 0.1) is 24.1 Å². The summed E-state index contributed by atoms with van der Waals surface area (Å²) in [7, 11) is 1.57. The first kappa shape index (κ1) is 20.5. The number of carboxylic acid groups (broad SMARTS) is 1. The van der Waals surface area contributed by atoms with Gasteiger partial charge in [0.15, 0.2) is 0 Å². The summed E-state index contributed by atoms with van der Waals surface area (Å²) < 4.78 is 10.9. The maximum absolute atomic E-state index is 12.7. The summed E-state index contributed by atoms with van der Waals surface area (Å²) in [5.41, 5.74) is 1.70. The number of nitrogens with zero attached hydrogens (tertiary/aromatic N) is 1. The van der Waals surface area contributed by atoms with Crippen LogP contribution in [0.5, 0.6) is 5.75 Å². The fourth-order valence-corrected chi connectivity index (χ4v) is 3.86. The predicted octanol–water partition coefficient (Wildman–Crippen LogP) is 4.89. The van der Waals surface area contributed by atoms with Crippen LogP contribution in [0.25, 0.3) is 17.4 Å². The van der Waals surface area contributed by atoms with Gasteiger partial charge < -0.3 is 14.3 Å². The average Bonchev–Trinajstić information content (AvgIpc) is 3.35. The summed E-state index contributed by atoms with van der Waals surface area (Å²) in [6.07, 6.45) is 1.54. The van der Waals surface area contributed by atoms with E-state index in [2.05, 4.69) is 0 Å². The minimum atomic E-state index is -1.00. The van der Waals surface area contributed by atoms with Crippen LogP contribution in [0.3, 0.4) is 0 Å². The summed E-state index contributed by atoms with van der Waals surface area (Å²) >= 11 is 0.862. The summed E-state index contributed by atoms with van der Waals surface area (Å²) in [6.45, 7) is 0.172. The molecule has 0 bridgehead atoms. The molecule has 7 nitrogen and oxygen atoms in total. The van der Waals surface area contributed by atoms with E-state index in [0.29, 0.717) is 22.8 Å². The highest BCUT2D eigenvalue weighted by atomic mass is 32.2. The van der Waals surface area contributed by atoms with Crippen molar-refractivity contribution in [2.45, 2.75) is 6.54 Å². The van der Waals surface area contributed by atoms with Crippen molar-refractivity contribution in [2.75, 3.05) is 7.11 Å². The number of benzene rings is 2. The van der Waals surface area contributed by atoms with Crippen LogP contribution in [0.15, 0.2) is 70.0 Å². The second kappa shape index (κ2) is 8.53. The molecule has 0 radical (unpaired) electrons. The van der Waals surface area contributed by atoms with Crippen molar-refractivity contribution in [3.8, 4) is 17.1 Å². The van der Waals surface area contributed by atoms with Crippen molar-refractivity contribution < 1.29 is 28.6 Å². The largest absolute Gasteiger partial charge is 0.497 e. The number of aromatic carboxylic acids is 1. The molecule has 1 fully saturated rings. The fraction of sp³-hybridized carbons (Fsp3) is 0.0870. The van der Waals surface area contributed by atoms with Crippen molar-refractivity contribution in [2.24, 2.45) is 0 Å². The lowest BCUT2D eigenvalue weighted by atomic mass is 10.1. The second-order valence-electron chi connectivity index (χ2n) is 6.70. The van der Waals surface area contributed by atoms with Crippen LogP contribution in [-0.4, -0.2) is 34.2 Å². The molecule has 0 unspecified atom stereocenters. The van der Waals surface area contributed by atoms with Crippen LogP contribution < -0.4 is 4.74 Å². The van der Waals surface area contributed by atoms with Gasteiger partial charge in [0.1, 0.15) is 17.3 Å². The van der Waals surface area contributed by atoms with E-state index in [4.69, 9.17) is 14.3 Å². The summed E-state index contributed by atoms with van der Waals surface area (Å²) in [5.74, 6) is 0.267. The second-order valence-corrected chi connectivity index (χ2v) is 7.69. The SMILES string of the molecule is COc1ccc(CN2C(=O)S/C(=C\c3ccc(-c4ccc(C(=O)O)cc4)o3)C2=O)cc1. The van der Waals surface area contributed by atoms with Crippen LogP contribution in [0.1, 0.15) is 21.7 Å². The zero-order valence-corrected chi connectivity index (χ0v) is 17.2. The zero-order valence-electron chi connectivity index (χ0n) is 16.4. The molecule has 0 saturated carbocycles. The first-order valence-corrected chi connectivity index (χ1v) is 10.1. The molecule has 2 amide bonds. The molecule has 2 aromatic carbocycles. The maximum atomic E-state index is 12.7. The molecule has 0 aliphatic carbocycles. The van der Waals surface area contributed by atoms with Crippen LogP contribution >= 0.6 is 11.8 Å². The number of amides is 2. The first-order valence-electron chi connectivity index (χ1n) is 9.26. The highest BCUT2D eigenvalue weighted by molar-refractivity contribution is 8.18. The van der Waals surface area contributed by atoms with Gasteiger partial charge in [0.25, 0.3) is 11.1 Å². The smallest absolute Gasteiger partial charge is 0.335 e. The van der Waals surface area contributed by atoms with Crippen molar-refractivity contribution in [3.63, 3.8) is 0 Å². The molecule has 1 N–H and O–H groups in total. The van der Waals surface area contributed by atoms with Gasteiger partial charge in [0, 0.05) is 11.6 Å². The Hall–Kier alpha value is -3.78. The van der Waals surface area contributed by atoms with E-state index in [1.165, 1.54) is 23.1 Å². The molecule has 2 heterocycles. The first-order chi connectivity index (χ1) is 14.9. The minimum absolute atomic E-state index is 0.172. The number of carboxylic acids is 1. The van der Waals surface area contributed by atoms with Gasteiger partial charge in [-0.15, -0.1) is 0 Å². The van der Waals surface area contributed by atoms with Crippen molar-refractivity contribution in [1.82, 2.24) is 4.90 Å². The summed E-state index contributed by atoms with van der Waals surface area (Å²) in [5, 5.41) is 8.65. The van der Waals surface area contributed by atoms with Gasteiger partial charge in [-0.1, -0.05) is 24.3 Å². The highest BCUT2D eigenvalue weighted by Crippen LogP contribution is 2.34. The average molecular weight is 435 g/mol. The molecule has 1 aromatic heterocycles. The molecule has 3 aromatic rings. The molecular weight excluding hydrogens is 418 g/mol. The van der Waals surface area contributed by atoms with Crippen LogP contribution in [-0.2, 0) is 11.3 Å². The Morgan fingerprint density at radius 3 is 2.42 bits per heavy atom. The van der Waals surface area contributed by atoms with E-state index < -0.39 is 5.97 Å². The number of imide groups is 1. The normalized spacial score (nSPS) is 15.0. The third kappa shape index (κ3) is 4.39. The molecule has 31 heavy (non-hydrogen) atoms. The molecular formula is C23H17NO6S. The number of methoxy groups -OCH3 is 1. The van der Waals surface area contributed by atoms with E-state index >= 15 is 0 Å². The van der Waals surface area contributed by atoms with E-state index in [-0.39, 0.29) is 28.2 Å². The standard InChI is InChI=1S/C23H17NO6S/c1-29-17-8-2-14(3-9-17)13-24-21(25)20(31-23(24)28)12-18-10-11-19(30-18)15-4-6-16(7-5-15)22(26)27/h2-12H,13H2,1H3,(H,26,27)/b20-12-. The Balaban J connectivity index is 1.49. The van der Waals surface area contributed by atoms with Crippen LogP contribution in [0.4, 0.5) is 4.79 Å². The van der Waals surface area contributed by atoms with Gasteiger partial charge in [-0.2, -0.15) is 0 Å². The van der Waals surface area contributed by atoms with E-state index in [9.17, 15) is 14.4 Å². The monoisotopic (exact) mass is 435 g/mol. The predicted molar refractivity (Wildman–Crippen MR) is 116 cm³/mol. The fourth-order valence-electron chi connectivity index (χ4n) is 3.04. The number of carbonyl (C=O) groups is 3. The summed E-state index contributed by atoms with van der Waals surface area (Å²) in [4.78, 5) is 37.5. The van der Waals surface area contributed by atoms with Crippen molar-refractivity contribution >= 4 is 35.0 Å². The lowest BCUT2D eigenvalue weighted by Gasteiger charge is -2.12. The topological polar surface area (TPSA) is 97.1 Å². The van der Waals surface area contributed by atoms with E-state index in [1.807, 2.05) is 0 Å². The Labute approximate surface area is 181 Å². The number of carbonyl (C=O) groups excluding carboxylic acids is 2. The number of ether oxygens (including phenoxy) is 1. The van der Waals surface area contributed by atoms with Crippen LogP contribution in [0, 0.1) is 0 Å². The minimum Gasteiger partial charge on any atom is -0.497 e.